The van der Waals surface area contributed by atoms with Gasteiger partial charge in [0.15, 0.2) is 0 Å². The SMILES string of the molecule is CC(C)(C)c1ccc2c(cnn2C2CC2)c1F. The van der Waals surface area contributed by atoms with E-state index in [1.807, 2.05) is 37.6 Å². The largest absolute Gasteiger partial charge is 0.262 e. The molecule has 1 heterocycles. The molecule has 0 bridgehead atoms. The van der Waals surface area contributed by atoms with Crippen LogP contribution in [-0.2, 0) is 5.41 Å². The van der Waals surface area contributed by atoms with E-state index < -0.39 is 0 Å². The van der Waals surface area contributed by atoms with Crippen LogP contribution in [0.1, 0.15) is 45.2 Å². The highest BCUT2D eigenvalue weighted by Gasteiger charge is 2.27. The Morgan fingerprint density at radius 2 is 2.00 bits per heavy atom. The van der Waals surface area contributed by atoms with Crippen molar-refractivity contribution < 1.29 is 4.39 Å². The third kappa shape index (κ3) is 1.65. The van der Waals surface area contributed by atoms with Crippen molar-refractivity contribution in [1.82, 2.24) is 9.78 Å². The molecule has 0 N–H and O–H groups in total. The third-order valence-electron chi connectivity index (χ3n) is 3.42. The van der Waals surface area contributed by atoms with Crippen molar-refractivity contribution in [3.05, 3.63) is 29.7 Å². The smallest absolute Gasteiger partial charge is 0.137 e. The Morgan fingerprint density at radius 3 is 2.59 bits per heavy atom. The highest BCUT2D eigenvalue weighted by atomic mass is 19.1. The lowest BCUT2D eigenvalue weighted by Gasteiger charge is -2.20. The number of hydrogen-bond acceptors (Lipinski definition) is 1. The maximum Gasteiger partial charge on any atom is 0.137 e. The zero-order valence-electron chi connectivity index (χ0n) is 10.5. The van der Waals surface area contributed by atoms with Crippen LogP contribution in [0.25, 0.3) is 10.9 Å². The molecule has 0 spiro atoms. The predicted molar refractivity (Wildman–Crippen MR) is 66.7 cm³/mol. The van der Waals surface area contributed by atoms with Gasteiger partial charge in [0.2, 0.25) is 0 Å². The maximum atomic E-state index is 14.4. The lowest BCUT2D eigenvalue weighted by Crippen LogP contribution is -2.13. The molecule has 1 aromatic heterocycles. The van der Waals surface area contributed by atoms with Gasteiger partial charge in [-0.2, -0.15) is 5.10 Å². The van der Waals surface area contributed by atoms with Crippen LogP contribution in [0, 0.1) is 5.82 Å². The summed E-state index contributed by atoms with van der Waals surface area (Å²) in [5.41, 5.74) is 1.53. The van der Waals surface area contributed by atoms with E-state index in [2.05, 4.69) is 5.10 Å². The lowest BCUT2D eigenvalue weighted by atomic mass is 9.86. The molecule has 0 amide bonds. The van der Waals surface area contributed by atoms with Gasteiger partial charge in [-0.1, -0.05) is 26.8 Å². The van der Waals surface area contributed by atoms with Gasteiger partial charge < -0.3 is 0 Å². The Hall–Kier alpha value is -1.38. The van der Waals surface area contributed by atoms with E-state index in [1.165, 1.54) is 12.8 Å². The van der Waals surface area contributed by atoms with E-state index in [0.717, 1.165) is 11.1 Å². The van der Waals surface area contributed by atoms with Gasteiger partial charge in [-0.05, 0) is 29.9 Å². The molecule has 90 valence electrons. The topological polar surface area (TPSA) is 17.8 Å². The average molecular weight is 232 g/mol. The predicted octanol–water partition coefficient (Wildman–Crippen LogP) is 3.81. The molecule has 3 rings (SSSR count). The van der Waals surface area contributed by atoms with Gasteiger partial charge in [0, 0.05) is 0 Å². The van der Waals surface area contributed by atoms with Crippen molar-refractivity contribution >= 4 is 10.9 Å². The first-order chi connectivity index (χ1) is 7.98. The fourth-order valence-electron chi connectivity index (χ4n) is 2.28. The summed E-state index contributed by atoms with van der Waals surface area (Å²) >= 11 is 0. The Morgan fingerprint density at radius 1 is 1.29 bits per heavy atom. The highest BCUT2D eigenvalue weighted by molar-refractivity contribution is 5.80. The molecule has 1 saturated carbocycles. The number of nitrogens with zero attached hydrogens (tertiary/aromatic N) is 2. The molecule has 0 unspecified atom stereocenters. The van der Waals surface area contributed by atoms with Crippen LogP contribution in [0.4, 0.5) is 4.39 Å². The average Bonchev–Trinajstić information content (AvgIpc) is 2.97. The van der Waals surface area contributed by atoms with E-state index in [1.54, 1.807) is 6.20 Å². The van der Waals surface area contributed by atoms with Gasteiger partial charge in [0.1, 0.15) is 5.82 Å². The molecule has 1 aromatic carbocycles. The summed E-state index contributed by atoms with van der Waals surface area (Å²) in [6.07, 6.45) is 4.00. The Labute approximate surface area is 100 Å². The van der Waals surface area contributed by atoms with Crippen LogP contribution in [0.5, 0.6) is 0 Å². The third-order valence-corrected chi connectivity index (χ3v) is 3.42. The van der Waals surface area contributed by atoms with Gasteiger partial charge >= 0.3 is 0 Å². The molecule has 1 fully saturated rings. The fraction of sp³-hybridized carbons (Fsp3) is 0.500. The van der Waals surface area contributed by atoms with Crippen molar-refractivity contribution in [3.63, 3.8) is 0 Å². The minimum atomic E-state index is -0.167. The fourth-order valence-corrected chi connectivity index (χ4v) is 2.28. The zero-order chi connectivity index (χ0) is 12.2. The summed E-state index contributed by atoms with van der Waals surface area (Å²) in [4.78, 5) is 0. The number of rotatable bonds is 1. The van der Waals surface area contributed by atoms with Crippen molar-refractivity contribution in [3.8, 4) is 0 Å². The summed E-state index contributed by atoms with van der Waals surface area (Å²) in [5.74, 6) is -0.109. The van der Waals surface area contributed by atoms with E-state index >= 15 is 0 Å². The second kappa shape index (κ2) is 3.31. The summed E-state index contributed by atoms with van der Waals surface area (Å²) in [5, 5.41) is 4.97. The molecule has 1 aliphatic carbocycles. The lowest BCUT2D eigenvalue weighted by molar-refractivity contribution is 0.529. The van der Waals surface area contributed by atoms with Gasteiger partial charge in [-0.15, -0.1) is 0 Å². The molecule has 17 heavy (non-hydrogen) atoms. The second-order valence-corrected chi connectivity index (χ2v) is 5.93. The first-order valence-electron chi connectivity index (χ1n) is 6.14. The molecular weight excluding hydrogens is 215 g/mol. The molecule has 2 aromatic rings. The Balaban J connectivity index is 2.22. The number of aromatic nitrogens is 2. The van der Waals surface area contributed by atoms with Crippen LogP contribution in [-0.4, -0.2) is 9.78 Å². The number of hydrogen-bond donors (Lipinski definition) is 0. The second-order valence-electron chi connectivity index (χ2n) is 5.93. The molecule has 3 heteroatoms. The van der Waals surface area contributed by atoms with Crippen LogP contribution in [0.3, 0.4) is 0 Å². The Kier molecular flexibility index (Phi) is 2.09. The molecule has 0 saturated heterocycles. The number of fused-ring (bicyclic) bond motifs is 1. The first kappa shape index (κ1) is 10.8. The number of halogens is 1. The Bertz CT molecular complexity index is 574. The molecule has 1 aliphatic rings. The molecular formula is C14H17FN2. The summed E-state index contributed by atoms with van der Waals surface area (Å²) in [6.45, 7) is 6.09. The van der Waals surface area contributed by atoms with Crippen LogP contribution < -0.4 is 0 Å². The summed E-state index contributed by atoms with van der Waals surface area (Å²) in [6, 6.07) is 4.40. The standard InChI is InChI=1S/C14H17FN2/c1-14(2,3)11-6-7-12-10(13(11)15)8-16-17(12)9-4-5-9/h6-9H,4-5H2,1-3H3. The minimum absolute atomic E-state index is 0.109. The van der Waals surface area contributed by atoms with Crippen molar-refractivity contribution in [2.75, 3.05) is 0 Å². The minimum Gasteiger partial charge on any atom is -0.262 e. The number of benzene rings is 1. The monoisotopic (exact) mass is 232 g/mol. The zero-order valence-corrected chi connectivity index (χ0v) is 10.5. The van der Waals surface area contributed by atoms with Gasteiger partial charge in [-0.25, -0.2) is 4.39 Å². The van der Waals surface area contributed by atoms with Crippen molar-refractivity contribution in [2.45, 2.75) is 45.1 Å². The van der Waals surface area contributed by atoms with E-state index in [4.69, 9.17) is 0 Å². The van der Waals surface area contributed by atoms with E-state index in [0.29, 0.717) is 11.4 Å². The van der Waals surface area contributed by atoms with Gasteiger partial charge in [0.25, 0.3) is 0 Å². The highest BCUT2D eigenvalue weighted by Crippen LogP contribution is 2.38. The normalized spacial score (nSPS) is 16.7. The molecule has 0 atom stereocenters. The van der Waals surface area contributed by atoms with E-state index in [9.17, 15) is 4.39 Å². The van der Waals surface area contributed by atoms with E-state index in [-0.39, 0.29) is 11.2 Å². The van der Waals surface area contributed by atoms with Crippen molar-refractivity contribution in [1.29, 1.82) is 0 Å². The van der Waals surface area contributed by atoms with Crippen molar-refractivity contribution in [2.24, 2.45) is 0 Å². The van der Waals surface area contributed by atoms with Gasteiger partial charge in [-0.3, -0.25) is 4.68 Å². The quantitative estimate of drug-likeness (QED) is 0.731. The molecule has 0 aliphatic heterocycles. The van der Waals surface area contributed by atoms with Crippen LogP contribution >= 0.6 is 0 Å². The molecule has 0 radical (unpaired) electrons. The summed E-state index contributed by atoms with van der Waals surface area (Å²) in [7, 11) is 0. The van der Waals surface area contributed by atoms with Gasteiger partial charge in [0.05, 0.1) is 23.1 Å². The maximum absolute atomic E-state index is 14.4. The van der Waals surface area contributed by atoms with Crippen LogP contribution in [0.15, 0.2) is 18.3 Å². The molecule has 2 nitrogen and oxygen atoms in total. The first-order valence-corrected chi connectivity index (χ1v) is 6.14. The summed E-state index contributed by atoms with van der Waals surface area (Å²) < 4.78 is 16.4. The van der Waals surface area contributed by atoms with Crippen LogP contribution in [0.2, 0.25) is 0 Å².